The highest BCUT2D eigenvalue weighted by molar-refractivity contribution is 6.07. The summed E-state index contributed by atoms with van der Waals surface area (Å²) in [5, 5.41) is 3.09. The highest BCUT2D eigenvalue weighted by atomic mass is 19.1. The molecule has 1 N–H and O–H groups in total. The summed E-state index contributed by atoms with van der Waals surface area (Å²) >= 11 is 0. The summed E-state index contributed by atoms with van der Waals surface area (Å²) in [4.78, 5) is 27.8. The first kappa shape index (κ1) is 19.5. The van der Waals surface area contributed by atoms with Crippen molar-refractivity contribution < 1.29 is 18.4 Å². The number of anilines is 2. The number of benzene rings is 2. The number of hydrogen-bond donors (Lipinski definition) is 1. The number of halogens is 1. The largest absolute Gasteiger partial charge is 0.472 e. The molecule has 5 rings (SSSR count). The van der Waals surface area contributed by atoms with Gasteiger partial charge in [0.05, 0.1) is 17.2 Å². The molecule has 5 nitrogen and oxygen atoms in total. The minimum atomic E-state index is -0.629. The van der Waals surface area contributed by atoms with Gasteiger partial charge in [0, 0.05) is 17.9 Å². The van der Waals surface area contributed by atoms with E-state index in [1.165, 1.54) is 24.7 Å². The number of carbonyl (C=O) groups excluding carboxylic acids is 2. The van der Waals surface area contributed by atoms with Gasteiger partial charge in [0.1, 0.15) is 12.1 Å². The molecular formula is C25H23FN2O3. The Hall–Kier alpha value is -3.41. The van der Waals surface area contributed by atoms with Crippen LogP contribution in [0.2, 0.25) is 0 Å². The van der Waals surface area contributed by atoms with Crippen LogP contribution >= 0.6 is 0 Å². The minimum absolute atomic E-state index is 0.0547. The van der Waals surface area contributed by atoms with Crippen LogP contribution in [0.5, 0.6) is 0 Å². The van der Waals surface area contributed by atoms with Crippen molar-refractivity contribution in [2.45, 2.75) is 37.5 Å². The van der Waals surface area contributed by atoms with Gasteiger partial charge >= 0.3 is 0 Å². The van der Waals surface area contributed by atoms with Crippen LogP contribution < -0.4 is 10.2 Å². The number of hydrogen-bond acceptors (Lipinski definition) is 3. The molecule has 0 unspecified atom stereocenters. The summed E-state index contributed by atoms with van der Waals surface area (Å²) in [7, 11) is 0. The molecule has 2 aromatic carbocycles. The maximum atomic E-state index is 13.4. The molecule has 2 heterocycles. The average molecular weight is 418 g/mol. The number of carbonyl (C=O) groups is 2. The van der Waals surface area contributed by atoms with Crippen LogP contribution in [0.3, 0.4) is 0 Å². The van der Waals surface area contributed by atoms with Crippen molar-refractivity contribution in [3.05, 3.63) is 83.6 Å². The maximum absolute atomic E-state index is 13.4. The fourth-order valence-electron chi connectivity index (χ4n) is 4.88. The summed E-state index contributed by atoms with van der Waals surface area (Å²) in [6.07, 6.45) is 7.12. The highest BCUT2D eigenvalue weighted by Crippen LogP contribution is 2.42. The summed E-state index contributed by atoms with van der Waals surface area (Å²) in [5.74, 6) is -0.447. The summed E-state index contributed by atoms with van der Waals surface area (Å²) in [6.45, 7) is 0.594. The quantitative estimate of drug-likeness (QED) is 0.643. The van der Waals surface area contributed by atoms with E-state index < -0.39 is 5.41 Å². The standard InChI is InChI=1S/C25H23FN2O3/c26-20-5-3-19(4-6-20)25(11-1-2-12-25)24(30)27-21-7-8-22-17(15-21)9-13-28(22)23(29)18-10-14-31-16-18/h3-8,10,14-16H,1-2,9,11-13H2,(H,27,30). The number of fused-ring (bicyclic) bond motifs is 1. The number of rotatable bonds is 4. The third-order valence-corrected chi connectivity index (χ3v) is 6.53. The van der Waals surface area contributed by atoms with Gasteiger partial charge < -0.3 is 14.6 Å². The van der Waals surface area contributed by atoms with Crippen molar-refractivity contribution in [3.63, 3.8) is 0 Å². The van der Waals surface area contributed by atoms with Crippen molar-refractivity contribution >= 4 is 23.2 Å². The van der Waals surface area contributed by atoms with Gasteiger partial charge in [0.15, 0.2) is 0 Å². The smallest absolute Gasteiger partial charge is 0.261 e. The van der Waals surface area contributed by atoms with Gasteiger partial charge in [-0.15, -0.1) is 0 Å². The van der Waals surface area contributed by atoms with E-state index in [4.69, 9.17) is 4.42 Å². The molecule has 6 heteroatoms. The van der Waals surface area contributed by atoms with Crippen LogP contribution in [0.1, 0.15) is 47.2 Å². The van der Waals surface area contributed by atoms with Crippen LogP contribution in [0.25, 0.3) is 0 Å². The van der Waals surface area contributed by atoms with E-state index in [1.54, 1.807) is 23.1 Å². The van der Waals surface area contributed by atoms with Crippen LogP contribution in [-0.2, 0) is 16.6 Å². The number of amides is 2. The van der Waals surface area contributed by atoms with Gasteiger partial charge in [0.25, 0.3) is 5.91 Å². The van der Waals surface area contributed by atoms with Crippen molar-refractivity contribution in [1.82, 2.24) is 0 Å². The molecule has 1 aromatic heterocycles. The third-order valence-electron chi connectivity index (χ3n) is 6.53. The Morgan fingerprint density at radius 2 is 1.81 bits per heavy atom. The normalized spacial score (nSPS) is 16.9. The molecule has 0 bridgehead atoms. The highest BCUT2D eigenvalue weighted by Gasteiger charge is 2.42. The SMILES string of the molecule is O=C(c1ccoc1)N1CCc2cc(NC(=O)C3(c4ccc(F)cc4)CCCC3)ccc21. The van der Waals surface area contributed by atoms with E-state index in [2.05, 4.69) is 5.32 Å². The predicted octanol–water partition coefficient (Wildman–Crippen LogP) is 5.07. The lowest BCUT2D eigenvalue weighted by Crippen LogP contribution is -2.38. The molecule has 1 aliphatic heterocycles. The Kier molecular flexibility index (Phi) is 4.85. The van der Waals surface area contributed by atoms with E-state index >= 15 is 0 Å². The van der Waals surface area contributed by atoms with E-state index in [-0.39, 0.29) is 17.6 Å². The molecule has 2 amide bonds. The Morgan fingerprint density at radius 1 is 1.03 bits per heavy atom. The van der Waals surface area contributed by atoms with Crippen molar-refractivity contribution in [2.24, 2.45) is 0 Å². The molecule has 1 fully saturated rings. The van der Waals surface area contributed by atoms with Crippen LogP contribution in [0.15, 0.2) is 65.5 Å². The number of furan rings is 1. The van der Waals surface area contributed by atoms with Crippen LogP contribution in [-0.4, -0.2) is 18.4 Å². The molecule has 2 aliphatic rings. The van der Waals surface area contributed by atoms with Crippen molar-refractivity contribution in [3.8, 4) is 0 Å². The Morgan fingerprint density at radius 3 is 2.52 bits per heavy atom. The van der Waals surface area contributed by atoms with Gasteiger partial charge in [-0.25, -0.2) is 4.39 Å². The lowest BCUT2D eigenvalue weighted by atomic mass is 9.78. The summed E-state index contributed by atoms with van der Waals surface area (Å²) < 4.78 is 18.4. The van der Waals surface area contributed by atoms with Gasteiger partial charge in [0.2, 0.25) is 5.91 Å². The molecule has 1 aliphatic carbocycles. The van der Waals surface area contributed by atoms with Crippen LogP contribution in [0.4, 0.5) is 15.8 Å². The first-order chi connectivity index (χ1) is 15.1. The fourth-order valence-corrected chi connectivity index (χ4v) is 4.88. The van der Waals surface area contributed by atoms with E-state index in [9.17, 15) is 14.0 Å². The van der Waals surface area contributed by atoms with E-state index in [0.717, 1.165) is 54.6 Å². The topological polar surface area (TPSA) is 62.6 Å². The monoisotopic (exact) mass is 418 g/mol. The zero-order valence-corrected chi connectivity index (χ0v) is 17.1. The average Bonchev–Trinajstić information content (AvgIpc) is 3.54. The summed E-state index contributed by atoms with van der Waals surface area (Å²) in [6, 6.07) is 13.6. The number of nitrogens with one attached hydrogen (secondary N) is 1. The van der Waals surface area contributed by atoms with Gasteiger partial charge in [-0.3, -0.25) is 9.59 Å². The molecular weight excluding hydrogens is 395 g/mol. The lowest BCUT2D eigenvalue weighted by Gasteiger charge is -2.28. The Labute approximate surface area is 179 Å². The first-order valence-electron chi connectivity index (χ1n) is 10.6. The molecule has 0 atom stereocenters. The Balaban J connectivity index is 1.37. The lowest BCUT2D eigenvalue weighted by molar-refractivity contribution is -0.121. The Bertz CT molecular complexity index is 1120. The molecule has 31 heavy (non-hydrogen) atoms. The predicted molar refractivity (Wildman–Crippen MR) is 116 cm³/mol. The van der Waals surface area contributed by atoms with Crippen molar-refractivity contribution in [2.75, 3.05) is 16.8 Å². The molecule has 158 valence electrons. The second-order valence-electron chi connectivity index (χ2n) is 8.31. The van der Waals surface area contributed by atoms with Crippen LogP contribution in [0, 0.1) is 5.82 Å². The van der Waals surface area contributed by atoms with Gasteiger partial charge in [-0.2, -0.15) is 0 Å². The summed E-state index contributed by atoms with van der Waals surface area (Å²) in [5.41, 5.74) is 3.36. The van der Waals surface area contributed by atoms with Gasteiger partial charge in [-0.1, -0.05) is 25.0 Å². The second-order valence-corrected chi connectivity index (χ2v) is 8.31. The molecule has 0 radical (unpaired) electrons. The second kappa shape index (κ2) is 7.69. The molecule has 1 saturated carbocycles. The molecule has 3 aromatic rings. The number of nitrogens with zero attached hydrogens (tertiary/aromatic N) is 1. The zero-order valence-electron chi connectivity index (χ0n) is 17.1. The zero-order chi connectivity index (χ0) is 21.4. The maximum Gasteiger partial charge on any atom is 0.261 e. The first-order valence-corrected chi connectivity index (χ1v) is 10.6. The fraction of sp³-hybridized carbons (Fsp3) is 0.280. The molecule has 0 saturated heterocycles. The molecule has 0 spiro atoms. The van der Waals surface area contributed by atoms with Gasteiger partial charge in [-0.05, 0) is 66.8 Å². The third kappa shape index (κ3) is 3.42. The van der Waals surface area contributed by atoms with E-state index in [0.29, 0.717) is 12.1 Å². The minimum Gasteiger partial charge on any atom is -0.472 e. The van der Waals surface area contributed by atoms with E-state index in [1.807, 2.05) is 18.2 Å². The van der Waals surface area contributed by atoms with Crippen molar-refractivity contribution in [1.29, 1.82) is 0 Å².